The van der Waals surface area contributed by atoms with Gasteiger partial charge in [0.2, 0.25) is 10.0 Å². The SMILES string of the molecule is CCCN(Cc1ccccc1)S(=O)(=O)c1ccc(NC(=O)NCc2ccncc2)cc1. The molecular formula is C23H26N4O3S. The standard InChI is InChI=1S/C23H26N4O3S/c1-2-16-27(18-20-6-4-3-5-7-20)31(29,30)22-10-8-21(9-11-22)26-23(28)25-17-19-12-14-24-15-13-19/h3-15H,2,16-18H2,1H3,(H2,25,26,28). The van der Waals surface area contributed by atoms with Crippen molar-refractivity contribution in [2.45, 2.75) is 31.3 Å². The van der Waals surface area contributed by atoms with Gasteiger partial charge in [0.1, 0.15) is 0 Å². The largest absolute Gasteiger partial charge is 0.334 e. The van der Waals surface area contributed by atoms with Crippen LogP contribution in [0.15, 0.2) is 84.0 Å². The first-order chi connectivity index (χ1) is 15.0. The number of hydrogen-bond donors (Lipinski definition) is 2. The van der Waals surface area contributed by atoms with Crippen molar-refractivity contribution in [1.29, 1.82) is 0 Å². The topological polar surface area (TPSA) is 91.4 Å². The van der Waals surface area contributed by atoms with E-state index in [1.165, 1.54) is 16.4 Å². The van der Waals surface area contributed by atoms with Gasteiger partial charge in [0.25, 0.3) is 0 Å². The molecule has 0 saturated heterocycles. The highest BCUT2D eigenvalue weighted by Crippen LogP contribution is 2.21. The lowest BCUT2D eigenvalue weighted by molar-refractivity contribution is 0.251. The van der Waals surface area contributed by atoms with Crippen LogP contribution in [-0.4, -0.2) is 30.3 Å². The van der Waals surface area contributed by atoms with E-state index in [1.54, 1.807) is 24.5 Å². The molecule has 0 spiro atoms. The van der Waals surface area contributed by atoms with Gasteiger partial charge in [-0.1, -0.05) is 37.3 Å². The van der Waals surface area contributed by atoms with Gasteiger partial charge in [-0.05, 0) is 53.9 Å². The Morgan fingerprint density at radius 2 is 1.61 bits per heavy atom. The highest BCUT2D eigenvalue weighted by Gasteiger charge is 2.24. The Bertz CT molecular complexity index is 1070. The molecule has 0 bridgehead atoms. The third kappa shape index (κ3) is 6.37. The molecule has 0 aliphatic carbocycles. The number of anilines is 1. The number of carbonyl (C=O) groups is 1. The van der Waals surface area contributed by atoms with Gasteiger partial charge in [0.15, 0.2) is 0 Å². The van der Waals surface area contributed by atoms with Gasteiger partial charge in [-0.3, -0.25) is 4.98 Å². The van der Waals surface area contributed by atoms with E-state index in [9.17, 15) is 13.2 Å². The van der Waals surface area contributed by atoms with E-state index in [2.05, 4.69) is 15.6 Å². The first-order valence-electron chi connectivity index (χ1n) is 10.1. The zero-order valence-electron chi connectivity index (χ0n) is 17.4. The monoisotopic (exact) mass is 438 g/mol. The summed E-state index contributed by atoms with van der Waals surface area (Å²) in [6.07, 6.45) is 4.03. The smallest absolute Gasteiger partial charge is 0.319 e. The third-order valence-corrected chi connectivity index (χ3v) is 6.49. The minimum Gasteiger partial charge on any atom is -0.334 e. The van der Waals surface area contributed by atoms with Gasteiger partial charge in [0.05, 0.1) is 4.90 Å². The zero-order chi connectivity index (χ0) is 22.1. The molecule has 0 fully saturated rings. The minimum atomic E-state index is -3.65. The average Bonchev–Trinajstić information content (AvgIpc) is 2.79. The van der Waals surface area contributed by atoms with Crippen molar-refractivity contribution in [3.8, 4) is 0 Å². The van der Waals surface area contributed by atoms with Gasteiger partial charge in [0, 0.05) is 37.7 Å². The summed E-state index contributed by atoms with van der Waals surface area (Å²) < 4.78 is 27.8. The predicted octanol–water partition coefficient (Wildman–Crippen LogP) is 4.00. The van der Waals surface area contributed by atoms with Crippen molar-refractivity contribution in [1.82, 2.24) is 14.6 Å². The third-order valence-electron chi connectivity index (χ3n) is 4.63. The van der Waals surface area contributed by atoms with Crippen molar-refractivity contribution in [2.24, 2.45) is 0 Å². The molecule has 1 heterocycles. The van der Waals surface area contributed by atoms with Gasteiger partial charge >= 0.3 is 6.03 Å². The summed E-state index contributed by atoms with van der Waals surface area (Å²) in [6.45, 7) is 3.06. The van der Waals surface area contributed by atoms with E-state index in [4.69, 9.17) is 0 Å². The average molecular weight is 439 g/mol. The summed E-state index contributed by atoms with van der Waals surface area (Å²) in [4.78, 5) is 16.2. The highest BCUT2D eigenvalue weighted by molar-refractivity contribution is 7.89. The maximum Gasteiger partial charge on any atom is 0.319 e. The van der Waals surface area contributed by atoms with Crippen LogP contribution < -0.4 is 10.6 Å². The van der Waals surface area contributed by atoms with E-state index in [0.29, 0.717) is 31.7 Å². The second kappa shape index (κ2) is 10.7. The number of rotatable bonds is 9. The number of aromatic nitrogens is 1. The van der Waals surface area contributed by atoms with Gasteiger partial charge in [-0.2, -0.15) is 4.31 Å². The number of sulfonamides is 1. The van der Waals surface area contributed by atoms with Crippen LogP contribution in [0.3, 0.4) is 0 Å². The zero-order valence-corrected chi connectivity index (χ0v) is 18.2. The second-order valence-corrected chi connectivity index (χ2v) is 8.95. The van der Waals surface area contributed by atoms with Crippen molar-refractivity contribution in [3.05, 3.63) is 90.3 Å². The van der Waals surface area contributed by atoms with E-state index in [1.807, 2.05) is 49.4 Å². The van der Waals surface area contributed by atoms with Crippen molar-refractivity contribution < 1.29 is 13.2 Å². The van der Waals surface area contributed by atoms with Crippen molar-refractivity contribution >= 4 is 21.7 Å². The van der Waals surface area contributed by atoms with Crippen LogP contribution in [0, 0.1) is 0 Å². The molecule has 0 aliphatic heterocycles. The van der Waals surface area contributed by atoms with Crippen LogP contribution in [0.5, 0.6) is 0 Å². The van der Waals surface area contributed by atoms with Gasteiger partial charge < -0.3 is 10.6 Å². The van der Waals surface area contributed by atoms with Gasteiger partial charge in [-0.15, -0.1) is 0 Å². The Morgan fingerprint density at radius 1 is 0.935 bits per heavy atom. The van der Waals surface area contributed by atoms with E-state index < -0.39 is 10.0 Å². The fourth-order valence-electron chi connectivity index (χ4n) is 3.04. The van der Waals surface area contributed by atoms with E-state index >= 15 is 0 Å². The van der Waals surface area contributed by atoms with Crippen LogP contribution in [-0.2, 0) is 23.1 Å². The summed E-state index contributed by atoms with van der Waals surface area (Å²) in [6, 6.07) is 19.0. The maximum atomic E-state index is 13.1. The van der Waals surface area contributed by atoms with Crippen LogP contribution in [0.4, 0.5) is 10.5 Å². The molecule has 3 aromatic rings. The van der Waals surface area contributed by atoms with E-state index in [0.717, 1.165) is 11.1 Å². The Hall–Kier alpha value is -3.23. The number of benzene rings is 2. The lowest BCUT2D eigenvalue weighted by Gasteiger charge is -2.22. The predicted molar refractivity (Wildman–Crippen MR) is 121 cm³/mol. The second-order valence-electron chi connectivity index (χ2n) is 7.01. The van der Waals surface area contributed by atoms with Crippen molar-refractivity contribution in [3.63, 3.8) is 0 Å². The molecule has 0 unspecified atom stereocenters. The lowest BCUT2D eigenvalue weighted by atomic mass is 10.2. The molecule has 0 atom stereocenters. The summed E-state index contributed by atoms with van der Waals surface area (Å²) in [7, 11) is -3.65. The number of nitrogens with one attached hydrogen (secondary N) is 2. The maximum absolute atomic E-state index is 13.1. The normalized spacial score (nSPS) is 11.3. The number of amides is 2. The molecule has 0 aliphatic rings. The number of hydrogen-bond acceptors (Lipinski definition) is 4. The van der Waals surface area contributed by atoms with Crippen molar-refractivity contribution in [2.75, 3.05) is 11.9 Å². The first kappa shape index (κ1) is 22.5. The molecule has 0 radical (unpaired) electrons. The van der Waals surface area contributed by atoms with Crippen LogP contribution in [0.25, 0.3) is 0 Å². The molecular weight excluding hydrogens is 412 g/mol. The van der Waals surface area contributed by atoms with Gasteiger partial charge in [-0.25, -0.2) is 13.2 Å². The number of urea groups is 1. The number of carbonyl (C=O) groups excluding carboxylic acids is 1. The molecule has 7 nitrogen and oxygen atoms in total. The Balaban J connectivity index is 1.64. The molecule has 2 amide bonds. The summed E-state index contributed by atoms with van der Waals surface area (Å²) in [5.74, 6) is 0. The Morgan fingerprint density at radius 3 is 2.26 bits per heavy atom. The summed E-state index contributed by atoms with van der Waals surface area (Å²) in [5, 5.41) is 5.46. The lowest BCUT2D eigenvalue weighted by Crippen LogP contribution is -2.31. The molecule has 0 saturated carbocycles. The summed E-state index contributed by atoms with van der Waals surface area (Å²) >= 11 is 0. The fraction of sp³-hybridized carbons (Fsp3) is 0.217. The molecule has 8 heteroatoms. The number of nitrogens with zero attached hydrogens (tertiary/aromatic N) is 2. The molecule has 162 valence electrons. The molecule has 31 heavy (non-hydrogen) atoms. The number of pyridine rings is 1. The Kier molecular flexibility index (Phi) is 7.75. The first-order valence-corrected chi connectivity index (χ1v) is 11.5. The van der Waals surface area contributed by atoms with Crippen LogP contribution in [0.2, 0.25) is 0 Å². The van der Waals surface area contributed by atoms with E-state index in [-0.39, 0.29) is 10.9 Å². The van der Waals surface area contributed by atoms with Crippen LogP contribution in [0.1, 0.15) is 24.5 Å². The molecule has 1 aromatic heterocycles. The quantitative estimate of drug-likeness (QED) is 0.528. The fourth-order valence-corrected chi connectivity index (χ4v) is 4.56. The molecule has 2 aromatic carbocycles. The molecule has 2 N–H and O–H groups in total. The Labute approximate surface area is 183 Å². The van der Waals surface area contributed by atoms with Crippen LogP contribution >= 0.6 is 0 Å². The minimum absolute atomic E-state index is 0.194. The summed E-state index contributed by atoms with van der Waals surface area (Å²) in [5.41, 5.74) is 2.38. The molecule has 3 rings (SSSR count). The highest BCUT2D eigenvalue weighted by atomic mass is 32.2.